The molecule has 0 N–H and O–H groups in total. The summed E-state index contributed by atoms with van der Waals surface area (Å²) in [6.07, 6.45) is 0. The average molecular weight is 524 g/mol. The molecular weight excluding hydrogens is 494 g/mol. The van der Waals surface area contributed by atoms with Gasteiger partial charge in [0.15, 0.2) is 5.82 Å². The molecule has 0 spiro atoms. The molecule has 0 atom stereocenters. The van der Waals surface area contributed by atoms with Gasteiger partial charge in [0.2, 0.25) is 5.91 Å². The molecule has 3 aromatic rings. The Labute approximate surface area is 221 Å². The highest BCUT2D eigenvalue weighted by Gasteiger charge is 2.26. The number of carbonyl (C=O) groups excluding carboxylic acids is 2. The Balaban J connectivity index is 1.33. The van der Waals surface area contributed by atoms with Crippen LogP contribution in [-0.4, -0.2) is 91.9 Å². The van der Waals surface area contributed by atoms with Gasteiger partial charge in [0.05, 0.1) is 19.4 Å². The molecule has 0 saturated carbocycles. The fourth-order valence-electron chi connectivity index (χ4n) is 4.09. The van der Waals surface area contributed by atoms with Gasteiger partial charge < -0.3 is 24.2 Å². The maximum atomic E-state index is 13.1. The average Bonchev–Trinajstić information content (AvgIpc) is 2.95. The van der Waals surface area contributed by atoms with Crippen LogP contribution in [0.15, 0.2) is 60.7 Å². The first-order valence-corrected chi connectivity index (χ1v) is 12.4. The van der Waals surface area contributed by atoms with E-state index in [9.17, 15) is 9.59 Å². The third-order valence-electron chi connectivity index (χ3n) is 6.26. The molecular formula is C27H30ClN5O4. The van der Waals surface area contributed by atoms with E-state index in [1.165, 1.54) is 4.90 Å². The number of piperazine rings is 1. The zero-order valence-electron chi connectivity index (χ0n) is 21.0. The van der Waals surface area contributed by atoms with Gasteiger partial charge in [-0.15, -0.1) is 10.2 Å². The van der Waals surface area contributed by atoms with E-state index in [2.05, 4.69) is 15.1 Å². The molecule has 194 valence electrons. The predicted molar refractivity (Wildman–Crippen MR) is 142 cm³/mol. The summed E-state index contributed by atoms with van der Waals surface area (Å²) < 4.78 is 10.4. The van der Waals surface area contributed by atoms with E-state index in [-0.39, 0.29) is 18.4 Å². The summed E-state index contributed by atoms with van der Waals surface area (Å²) in [7, 11) is 3.20. The Kier molecular flexibility index (Phi) is 8.92. The van der Waals surface area contributed by atoms with Gasteiger partial charge in [0.25, 0.3) is 5.91 Å². The number of halogens is 1. The number of anilines is 1. The van der Waals surface area contributed by atoms with Gasteiger partial charge in [-0.3, -0.25) is 9.59 Å². The summed E-state index contributed by atoms with van der Waals surface area (Å²) in [6, 6.07) is 18.2. The Hall–Kier alpha value is -3.69. The molecule has 1 fully saturated rings. The number of aromatic nitrogens is 2. The van der Waals surface area contributed by atoms with Gasteiger partial charge in [0, 0.05) is 56.0 Å². The molecule has 37 heavy (non-hydrogen) atoms. The highest BCUT2D eigenvalue weighted by Crippen LogP contribution is 2.22. The van der Waals surface area contributed by atoms with Crippen LogP contribution in [0.25, 0.3) is 11.3 Å². The number of amides is 2. The first-order chi connectivity index (χ1) is 18.0. The summed E-state index contributed by atoms with van der Waals surface area (Å²) in [5.41, 5.74) is 2.22. The van der Waals surface area contributed by atoms with Crippen molar-refractivity contribution in [3.63, 3.8) is 0 Å². The molecule has 0 radical (unpaired) electrons. The lowest BCUT2D eigenvalue weighted by molar-refractivity contribution is -0.132. The largest absolute Gasteiger partial charge is 0.497 e. The minimum Gasteiger partial charge on any atom is -0.497 e. The standard InChI is InChI=1S/C27H30ClN5O4/c1-36-18-17-33(27(35)21-3-7-22(28)8-4-21)19-26(34)32-15-13-31(14-16-32)25-12-11-24(29-30-25)20-5-9-23(37-2)10-6-20/h3-12H,13-19H2,1-2H3. The predicted octanol–water partition coefficient (Wildman–Crippen LogP) is 3.24. The molecule has 2 amide bonds. The lowest BCUT2D eigenvalue weighted by atomic mass is 10.1. The highest BCUT2D eigenvalue weighted by atomic mass is 35.5. The first kappa shape index (κ1) is 26.4. The molecule has 4 rings (SSSR count). The van der Waals surface area contributed by atoms with E-state index >= 15 is 0 Å². The van der Waals surface area contributed by atoms with Crippen LogP contribution in [0.4, 0.5) is 5.82 Å². The molecule has 10 heteroatoms. The van der Waals surface area contributed by atoms with Crippen molar-refractivity contribution in [3.8, 4) is 17.0 Å². The van der Waals surface area contributed by atoms with Gasteiger partial charge >= 0.3 is 0 Å². The Morgan fingerprint density at radius 2 is 1.62 bits per heavy atom. The monoisotopic (exact) mass is 523 g/mol. The van der Waals surface area contributed by atoms with Crippen LogP contribution in [0.2, 0.25) is 5.02 Å². The Morgan fingerprint density at radius 3 is 2.22 bits per heavy atom. The Morgan fingerprint density at radius 1 is 0.919 bits per heavy atom. The van der Waals surface area contributed by atoms with Crippen molar-refractivity contribution >= 4 is 29.2 Å². The molecule has 1 saturated heterocycles. The fraction of sp³-hybridized carbons (Fsp3) is 0.333. The van der Waals surface area contributed by atoms with Crippen LogP contribution < -0.4 is 9.64 Å². The maximum absolute atomic E-state index is 13.1. The first-order valence-electron chi connectivity index (χ1n) is 12.0. The third kappa shape index (κ3) is 6.75. The molecule has 1 aliphatic rings. The van der Waals surface area contributed by atoms with E-state index < -0.39 is 0 Å². The normalized spacial score (nSPS) is 13.4. The topological polar surface area (TPSA) is 88.1 Å². The molecule has 0 aliphatic carbocycles. The lowest BCUT2D eigenvalue weighted by Gasteiger charge is -2.36. The number of benzene rings is 2. The van der Waals surface area contributed by atoms with Crippen molar-refractivity contribution in [1.82, 2.24) is 20.0 Å². The molecule has 1 aliphatic heterocycles. The lowest BCUT2D eigenvalue weighted by Crippen LogP contribution is -2.52. The maximum Gasteiger partial charge on any atom is 0.254 e. The van der Waals surface area contributed by atoms with E-state index in [1.54, 1.807) is 43.4 Å². The van der Waals surface area contributed by atoms with Crippen LogP contribution in [0.3, 0.4) is 0 Å². The van der Waals surface area contributed by atoms with Gasteiger partial charge in [-0.05, 0) is 60.7 Å². The highest BCUT2D eigenvalue weighted by molar-refractivity contribution is 6.30. The van der Waals surface area contributed by atoms with Crippen molar-refractivity contribution < 1.29 is 19.1 Å². The van der Waals surface area contributed by atoms with Crippen molar-refractivity contribution in [2.24, 2.45) is 0 Å². The number of hydrogen-bond acceptors (Lipinski definition) is 7. The minimum absolute atomic E-state index is 0.0127. The van der Waals surface area contributed by atoms with Crippen LogP contribution in [0.1, 0.15) is 10.4 Å². The number of rotatable bonds is 9. The summed E-state index contributed by atoms with van der Waals surface area (Å²) in [5, 5.41) is 9.33. The second-order valence-electron chi connectivity index (χ2n) is 8.60. The number of hydrogen-bond donors (Lipinski definition) is 0. The van der Waals surface area contributed by atoms with Crippen LogP contribution in [0.5, 0.6) is 5.75 Å². The second kappa shape index (κ2) is 12.5. The van der Waals surface area contributed by atoms with E-state index in [0.717, 1.165) is 22.8 Å². The fourth-order valence-corrected chi connectivity index (χ4v) is 4.21. The van der Waals surface area contributed by atoms with E-state index in [0.29, 0.717) is 49.9 Å². The molecule has 1 aromatic heterocycles. The molecule has 9 nitrogen and oxygen atoms in total. The number of ether oxygens (including phenoxy) is 2. The van der Waals surface area contributed by atoms with Crippen molar-refractivity contribution in [1.29, 1.82) is 0 Å². The SMILES string of the molecule is COCCN(CC(=O)N1CCN(c2ccc(-c3ccc(OC)cc3)nn2)CC1)C(=O)c1ccc(Cl)cc1. The van der Waals surface area contributed by atoms with Crippen molar-refractivity contribution in [2.75, 3.05) is 65.0 Å². The zero-order valence-corrected chi connectivity index (χ0v) is 21.7. The molecule has 2 aromatic carbocycles. The van der Waals surface area contributed by atoms with E-state index in [1.807, 2.05) is 36.4 Å². The summed E-state index contributed by atoms with van der Waals surface area (Å²) in [6.45, 7) is 2.98. The smallest absolute Gasteiger partial charge is 0.254 e. The number of nitrogens with zero attached hydrogens (tertiary/aromatic N) is 5. The van der Waals surface area contributed by atoms with E-state index in [4.69, 9.17) is 21.1 Å². The summed E-state index contributed by atoms with van der Waals surface area (Å²) >= 11 is 5.95. The van der Waals surface area contributed by atoms with Gasteiger partial charge in [-0.2, -0.15) is 0 Å². The zero-order chi connectivity index (χ0) is 26.2. The van der Waals surface area contributed by atoms with Crippen molar-refractivity contribution in [3.05, 3.63) is 71.2 Å². The summed E-state index contributed by atoms with van der Waals surface area (Å²) in [5.74, 6) is 1.23. The van der Waals surface area contributed by atoms with Crippen LogP contribution in [-0.2, 0) is 9.53 Å². The molecule has 0 unspecified atom stereocenters. The van der Waals surface area contributed by atoms with Crippen LogP contribution in [0, 0.1) is 0 Å². The molecule has 2 heterocycles. The third-order valence-corrected chi connectivity index (χ3v) is 6.51. The van der Waals surface area contributed by atoms with Gasteiger partial charge in [-0.1, -0.05) is 11.6 Å². The van der Waals surface area contributed by atoms with Gasteiger partial charge in [0.1, 0.15) is 12.3 Å². The molecule has 0 bridgehead atoms. The Bertz CT molecular complexity index is 1180. The quantitative estimate of drug-likeness (QED) is 0.425. The van der Waals surface area contributed by atoms with Crippen molar-refractivity contribution in [2.45, 2.75) is 0 Å². The van der Waals surface area contributed by atoms with Crippen LogP contribution >= 0.6 is 11.6 Å². The number of methoxy groups -OCH3 is 2. The summed E-state index contributed by atoms with van der Waals surface area (Å²) in [4.78, 5) is 31.5. The second-order valence-corrected chi connectivity index (χ2v) is 9.04. The van der Waals surface area contributed by atoms with Gasteiger partial charge in [-0.25, -0.2) is 0 Å². The number of carbonyl (C=O) groups is 2. The minimum atomic E-state index is -0.229.